The highest BCUT2D eigenvalue weighted by molar-refractivity contribution is 6.43. The van der Waals surface area contributed by atoms with Crippen molar-refractivity contribution in [1.29, 1.82) is 0 Å². The van der Waals surface area contributed by atoms with Gasteiger partial charge in [0.25, 0.3) is 0 Å². The smallest absolute Gasteiger partial charge is 0.311 e. The van der Waals surface area contributed by atoms with Crippen LogP contribution in [0.4, 0.5) is 11.4 Å². The van der Waals surface area contributed by atoms with Crippen molar-refractivity contribution < 1.29 is 9.66 Å². The fraction of sp³-hybridized carbons (Fsp3) is 0.263. The van der Waals surface area contributed by atoms with E-state index in [2.05, 4.69) is 17.5 Å². The Bertz CT molecular complexity index is 929. The quantitative estimate of drug-likeness (QED) is 0.412. The van der Waals surface area contributed by atoms with Crippen LogP contribution in [-0.4, -0.2) is 12.0 Å². The third kappa shape index (κ3) is 2.63. The number of hydrogen-bond acceptors (Lipinski definition) is 4. The minimum Gasteiger partial charge on any atom is -0.490 e. The van der Waals surface area contributed by atoms with E-state index in [1.54, 1.807) is 12.1 Å². The molecule has 0 bridgehead atoms. The van der Waals surface area contributed by atoms with Gasteiger partial charge >= 0.3 is 5.69 Å². The molecule has 5 nitrogen and oxygen atoms in total. The molecule has 1 heterocycles. The SMILES string of the molecule is COc1ccc([C@@H]2Nc3c(ccc(Cl)c3Cl)[C@H]3C=CC[C@@H]32)cc1[N+](=O)[O-]. The number of nitro benzene ring substituents is 1. The van der Waals surface area contributed by atoms with Gasteiger partial charge in [-0.05, 0) is 35.6 Å². The lowest BCUT2D eigenvalue weighted by molar-refractivity contribution is -0.385. The predicted molar refractivity (Wildman–Crippen MR) is 102 cm³/mol. The standard InChI is InChI=1S/C19H16Cl2N2O3/c1-26-16-8-5-10(9-15(16)23(24)25)18-12-4-2-3-11(12)13-6-7-14(20)17(21)19(13)22-18/h2-3,5-9,11-12,18,22H,4H2,1H3/t11-,12-,18-/m0/s1. The first-order chi connectivity index (χ1) is 12.5. The molecule has 2 aliphatic rings. The Balaban J connectivity index is 1.82. The summed E-state index contributed by atoms with van der Waals surface area (Å²) < 4.78 is 5.11. The zero-order valence-electron chi connectivity index (χ0n) is 13.9. The lowest BCUT2D eigenvalue weighted by Crippen LogP contribution is -2.29. The Morgan fingerprint density at radius 3 is 2.81 bits per heavy atom. The minimum atomic E-state index is -0.423. The number of methoxy groups -OCH3 is 1. The van der Waals surface area contributed by atoms with Crippen LogP contribution in [0.1, 0.15) is 29.5 Å². The van der Waals surface area contributed by atoms with Gasteiger partial charge in [0.2, 0.25) is 0 Å². The average Bonchev–Trinajstić information content (AvgIpc) is 3.13. The monoisotopic (exact) mass is 390 g/mol. The maximum atomic E-state index is 11.4. The van der Waals surface area contributed by atoms with Gasteiger partial charge in [0, 0.05) is 12.0 Å². The van der Waals surface area contributed by atoms with Crippen LogP contribution in [0.3, 0.4) is 0 Å². The zero-order valence-corrected chi connectivity index (χ0v) is 15.4. The van der Waals surface area contributed by atoms with Crippen molar-refractivity contribution in [2.45, 2.75) is 18.4 Å². The Morgan fingerprint density at radius 1 is 1.27 bits per heavy atom. The summed E-state index contributed by atoms with van der Waals surface area (Å²) in [5, 5.41) is 15.8. The van der Waals surface area contributed by atoms with Crippen molar-refractivity contribution in [3.63, 3.8) is 0 Å². The first-order valence-electron chi connectivity index (χ1n) is 8.24. The summed E-state index contributed by atoms with van der Waals surface area (Å²) in [5.74, 6) is 0.706. The molecule has 0 unspecified atom stereocenters. The molecule has 1 aliphatic carbocycles. The maximum absolute atomic E-state index is 11.4. The number of nitro groups is 1. The number of nitrogens with one attached hydrogen (secondary N) is 1. The number of hydrogen-bond donors (Lipinski definition) is 1. The van der Waals surface area contributed by atoms with Crippen LogP contribution in [0, 0.1) is 16.0 Å². The fourth-order valence-electron chi connectivity index (χ4n) is 3.98. The summed E-state index contributed by atoms with van der Waals surface area (Å²) >= 11 is 12.6. The number of fused-ring (bicyclic) bond motifs is 3. The van der Waals surface area contributed by atoms with Crippen LogP contribution >= 0.6 is 23.2 Å². The molecule has 1 N–H and O–H groups in total. The third-order valence-corrected chi connectivity index (χ3v) is 5.99. The number of nitrogens with zero attached hydrogens (tertiary/aromatic N) is 1. The highest BCUT2D eigenvalue weighted by Crippen LogP contribution is 2.53. The van der Waals surface area contributed by atoms with Crippen LogP contribution in [-0.2, 0) is 0 Å². The van der Waals surface area contributed by atoms with Gasteiger partial charge in [0.1, 0.15) is 0 Å². The number of allylic oxidation sites excluding steroid dienone is 2. The molecule has 0 saturated heterocycles. The van der Waals surface area contributed by atoms with Gasteiger partial charge in [-0.3, -0.25) is 10.1 Å². The maximum Gasteiger partial charge on any atom is 0.311 e. The first-order valence-corrected chi connectivity index (χ1v) is 9.00. The van der Waals surface area contributed by atoms with Gasteiger partial charge in [-0.1, -0.05) is 47.5 Å². The van der Waals surface area contributed by atoms with E-state index < -0.39 is 4.92 Å². The van der Waals surface area contributed by atoms with E-state index in [-0.39, 0.29) is 29.3 Å². The second-order valence-electron chi connectivity index (χ2n) is 6.49. The van der Waals surface area contributed by atoms with E-state index in [1.807, 2.05) is 18.2 Å². The number of halogens is 2. The Morgan fingerprint density at radius 2 is 2.08 bits per heavy atom. The number of rotatable bonds is 3. The topological polar surface area (TPSA) is 64.4 Å². The first kappa shape index (κ1) is 17.2. The fourth-order valence-corrected chi connectivity index (χ4v) is 4.36. The lowest BCUT2D eigenvalue weighted by Gasteiger charge is -2.38. The van der Waals surface area contributed by atoms with Gasteiger partial charge in [0.05, 0.1) is 33.8 Å². The largest absolute Gasteiger partial charge is 0.490 e. The normalized spacial score (nSPS) is 23.1. The molecule has 3 atom stereocenters. The van der Waals surface area contributed by atoms with Crippen molar-refractivity contribution >= 4 is 34.6 Å². The van der Waals surface area contributed by atoms with E-state index in [1.165, 1.54) is 7.11 Å². The molecular weight excluding hydrogens is 375 g/mol. The number of ether oxygens (including phenoxy) is 1. The predicted octanol–water partition coefficient (Wildman–Crippen LogP) is 5.74. The van der Waals surface area contributed by atoms with Gasteiger partial charge in [-0.2, -0.15) is 0 Å². The number of benzene rings is 2. The van der Waals surface area contributed by atoms with Crippen molar-refractivity contribution in [3.05, 3.63) is 73.8 Å². The van der Waals surface area contributed by atoms with Crippen LogP contribution in [0.25, 0.3) is 0 Å². The Kier molecular flexibility index (Phi) is 4.29. The molecule has 0 aromatic heterocycles. The van der Waals surface area contributed by atoms with Crippen LogP contribution in [0.2, 0.25) is 10.0 Å². The molecule has 0 saturated carbocycles. The van der Waals surface area contributed by atoms with Crippen LogP contribution in [0.5, 0.6) is 5.75 Å². The molecular formula is C19H16Cl2N2O3. The van der Waals surface area contributed by atoms with E-state index in [4.69, 9.17) is 27.9 Å². The van der Waals surface area contributed by atoms with Crippen molar-refractivity contribution in [2.75, 3.05) is 12.4 Å². The Hall–Kier alpha value is -2.24. The molecule has 2 aromatic carbocycles. The molecule has 26 heavy (non-hydrogen) atoms. The highest BCUT2D eigenvalue weighted by Gasteiger charge is 2.39. The summed E-state index contributed by atoms with van der Waals surface area (Å²) in [4.78, 5) is 11.0. The van der Waals surface area contributed by atoms with Crippen molar-refractivity contribution in [2.24, 2.45) is 5.92 Å². The third-order valence-electron chi connectivity index (χ3n) is 5.19. The van der Waals surface area contributed by atoms with Gasteiger partial charge in [0.15, 0.2) is 5.75 Å². The summed E-state index contributed by atoms with van der Waals surface area (Å²) in [6, 6.07) is 8.78. The molecule has 4 rings (SSSR count). The zero-order chi connectivity index (χ0) is 18.4. The molecule has 1 aliphatic heterocycles. The van der Waals surface area contributed by atoms with Gasteiger partial charge in [-0.25, -0.2) is 0 Å². The molecule has 0 radical (unpaired) electrons. The molecule has 134 valence electrons. The second-order valence-corrected chi connectivity index (χ2v) is 7.27. The summed E-state index contributed by atoms with van der Waals surface area (Å²) in [6.45, 7) is 0. The van der Waals surface area contributed by atoms with Crippen molar-refractivity contribution in [1.82, 2.24) is 0 Å². The van der Waals surface area contributed by atoms with Crippen molar-refractivity contribution in [3.8, 4) is 5.75 Å². The molecule has 0 amide bonds. The average molecular weight is 391 g/mol. The summed E-state index contributed by atoms with van der Waals surface area (Å²) in [6.07, 6.45) is 5.22. The van der Waals surface area contributed by atoms with Gasteiger partial charge in [-0.15, -0.1) is 0 Å². The van der Waals surface area contributed by atoms with E-state index in [0.717, 1.165) is 23.2 Å². The Labute approximate surface area is 160 Å². The highest BCUT2D eigenvalue weighted by atomic mass is 35.5. The summed E-state index contributed by atoms with van der Waals surface area (Å²) in [5.41, 5.74) is 2.70. The number of anilines is 1. The molecule has 7 heteroatoms. The van der Waals surface area contributed by atoms with Crippen LogP contribution in [0.15, 0.2) is 42.5 Å². The van der Waals surface area contributed by atoms with Gasteiger partial charge < -0.3 is 10.1 Å². The van der Waals surface area contributed by atoms with E-state index in [0.29, 0.717) is 10.0 Å². The van der Waals surface area contributed by atoms with Crippen LogP contribution < -0.4 is 10.1 Å². The minimum absolute atomic E-state index is 0.0442. The lowest BCUT2D eigenvalue weighted by atomic mass is 9.77. The summed E-state index contributed by atoms with van der Waals surface area (Å²) in [7, 11) is 1.43. The molecule has 0 spiro atoms. The van der Waals surface area contributed by atoms with E-state index >= 15 is 0 Å². The molecule has 2 aromatic rings. The second kappa shape index (κ2) is 6.49. The molecule has 0 fully saturated rings. The van der Waals surface area contributed by atoms with E-state index in [9.17, 15) is 10.1 Å².